The Labute approximate surface area is 222 Å². The average Bonchev–Trinajstić information content (AvgIpc) is 3.50. The van der Waals surface area contributed by atoms with Crippen molar-refractivity contribution in [2.24, 2.45) is 0 Å². The van der Waals surface area contributed by atoms with Crippen molar-refractivity contribution in [3.05, 3.63) is 52.4 Å². The van der Waals surface area contributed by atoms with Crippen LogP contribution >= 0.6 is 35.2 Å². The number of hydrogen-bond donors (Lipinski definition) is 2. The number of nitrogens with zero attached hydrogens (tertiary/aromatic N) is 6. The van der Waals surface area contributed by atoms with Crippen LogP contribution in [0.2, 0.25) is 5.02 Å². The number of rotatable bonds is 7. The fourth-order valence-electron chi connectivity index (χ4n) is 4.00. The van der Waals surface area contributed by atoms with Crippen molar-refractivity contribution in [2.45, 2.75) is 24.7 Å². The van der Waals surface area contributed by atoms with Crippen LogP contribution in [0.3, 0.4) is 0 Å². The topological polar surface area (TPSA) is 120 Å². The third-order valence-electron chi connectivity index (χ3n) is 5.91. The van der Waals surface area contributed by atoms with Gasteiger partial charge in [-0.05, 0) is 24.1 Å². The molecular formula is C22H23ClN8O2S3. The Morgan fingerprint density at radius 3 is 2.61 bits per heavy atom. The lowest BCUT2D eigenvalue weighted by Crippen LogP contribution is -2.49. The highest BCUT2D eigenvalue weighted by Crippen LogP contribution is 2.30. The number of thiocarbonyl (C=S) groups is 1. The number of fused-ring (bicyclic) bond motifs is 1. The maximum atomic E-state index is 12.7. The Bertz CT molecular complexity index is 1500. The van der Waals surface area contributed by atoms with Gasteiger partial charge in [0.25, 0.3) is 10.0 Å². The highest BCUT2D eigenvalue weighted by molar-refractivity contribution is 7.93. The van der Waals surface area contributed by atoms with Gasteiger partial charge in [-0.15, -0.1) is 10.2 Å². The molecule has 0 amide bonds. The monoisotopic (exact) mass is 562 g/mol. The van der Waals surface area contributed by atoms with Crippen LogP contribution in [0.1, 0.15) is 17.5 Å². The lowest BCUT2D eigenvalue weighted by atomic mass is 10.1. The van der Waals surface area contributed by atoms with Crippen LogP contribution in [0.4, 0.5) is 10.9 Å². The Morgan fingerprint density at radius 2 is 1.92 bits per heavy atom. The minimum Gasteiger partial charge on any atom is -0.362 e. The maximum absolute atomic E-state index is 12.7. The first kappa shape index (κ1) is 24.8. The maximum Gasteiger partial charge on any atom is 0.263 e. The van der Waals surface area contributed by atoms with Gasteiger partial charge in [-0.1, -0.05) is 54.2 Å². The molecule has 10 nitrogen and oxygen atoms in total. The molecule has 2 N–H and O–H groups in total. The van der Waals surface area contributed by atoms with Crippen LogP contribution in [0.15, 0.2) is 41.7 Å². The molecule has 0 bridgehead atoms. The summed E-state index contributed by atoms with van der Waals surface area (Å²) < 4.78 is 27.9. The van der Waals surface area contributed by atoms with Gasteiger partial charge >= 0.3 is 0 Å². The van der Waals surface area contributed by atoms with Crippen LogP contribution in [0, 0.1) is 0 Å². The van der Waals surface area contributed by atoms with Gasteiger partial charge in [0.15, 0.2) is 0 Å². The van der Waals surface area contributed by atoms with Gasteiger partial charge in [-0.3, -0.25) is 4.72 Å². The molecule has 0 saturated carbocycles. The molecule has 36 heavy (non-hydrogen) atoms. The van der Waals surface area contributed by atoms with Crippen molar-refractivity contribution in [3.8, 4) is 0 Å². The van der Waals surface area contributed by atoms with Gasteiger partial charge in [0.2, 0.25) is 5.13 Å². The zero-order valence-corrected chi connectivity index (χ0v) is 22.5. The first-order valence-electron chi connectivity index (χ1n) is 11.3. The second kappa shape index (κ2) is 10.2. The molecule has 3 aromatic heterocycles. The van der Waals surface area contributed by atoms with E-state index >= 15 is 0 Å². The zero-order valence-electron chi connectivity index (χ0n) is 19.3. The molecule has 1 aliphatic heterocycles. The van der Waals surface area contributed by atoms with E-state index in [4.69, 9.17) is 23.8 Å². The van der Waals surface area contributed by atoms with Crippen molar-refractivity contribution >= 4 is 72.2 Å². The summed E-state index contributed by atoms with van der Waals surface area (Å²) in [4.78, 5) is 17.1. The van der Waals surface area contributed by atoms with E-state index in [9.17, 15) is 8.42 Å². The molecule has 0 unspecified atom stereocenters. The van der Waals surface area contributed by atoms with Gasteiger partial charge in [-0.2, -0.15) is 0 Å². The first-order chi connectivity index (χ1) is 17.3. The third-order valence-corrected chi connectivity index (χ3v) is 9.08. The van der Waals surface area contributed by atoms with E-state index in [0.717, 1.165) is 58.6 Å². The quantitative estimate of drug-likeness (QED) is 0.326. The standard InChI is InChI=1S/C22H23ClN8O2S3/c1-2-17-27-28-22(35-17)29-36(32,33)15-5-3-14(4-6-15)11-18(34)30-7-9-31(10-8-30)21-19-16(23)12-24-20(19)25-13-26-21/h3-6,12-13H,2,7-11H2,1H3,(H,28,29)(H,24,25,26). The summed E-state index contributed by atoms with van der Waals surface area (Å²) in [6, 6.07) is 6.75. The van der Waals surface area contributed by atoms with Crippen molar-refractivity contribution in [1.29, 1.82) is 0 Å². The zero-order chi connectivity index (χ0) is 25.3. The van der Waals surface area contributed by atoms with E-state index in [1.54, 1.807) is 30.5 Å². The Hall–Kier alpha value is -2.87. The molecule has 1 aromatic carbocycles. The number of benzene rings is 1. The number of aromatic amines is 1. The Morgan fingerprint density at radius 1 is 1.17 bits per heavy atom. The predicted molar refractivity (Wildman–Crippen MR) is 146 cm³/mol. The number of piperazine rings is 1. The van der Waals surface area contributed by atoms with Crippen LogP contribution in [0.25, 0.3) is 11.0 Å². The highest BCUT2D eigenvalue weighted by atomic mass is 35.5. The SMILES string of the molecule is CCc1nnc(NS(=O)(=O)c2ccc(CC(=S)N3CCN(c4ncnc5[nH]cc(Cl)c45)CC3)cc2)s1. The van der Waals surface area contributed by atoms with E-state index in [-0.39, 0.29) is 10.0 Å². The number of aryl methyl sites for hydroxylation is 1. The van der Waals surface area contributed by atoms with Crippen LogP contribution < -0.4 is 9.62 Å². The average molecular weight is 563 g/mol. The lowest BCUT2D eigenvalue weighted by Gasteiger charge is -2.37. The van der Waals surface area contributed by atoms with Crippen molar-refractivity contribution in [3.63, 3.8) is 0 Å². The Balaban J connectivity index is 1.19. The van der Waals surface area contributed by atoms with Crippen molar-refractivity contribution < 1.29 is 8.42 Å². The fourth-order valence-corrected chi connectivity index (χ4v) is 6.49. The number of sulfonamides is 1. The van der Waals surface area contributed by atoms with Crippen LogP contribution in [-0.2, 0) is 22.9 Å². The van der Waals surface area contributed by atoms with E-state index in [1.807, 2.05) is 6.92 Å². The summed E-state index contributed by atoms with van der Waals surface area (Å²) in [5.74, 6) is 0.821. The molecule has 4 aromatic rings. The molecule has 5 rings (SSSR count). The van der Waals surface area contributed by atoms with Crippen LogP contribution in [0.5, 0.6) is 0 Å². The summed E-state index contributed by atoms with van der Waals surface area (Å²) in [7, 11) is -3.73. The van der Waals surface area contributed by atoms with Crippen LogP contribution in [-0.4, -0.2) is 69.6 Å². The summed E-state index contributed by atoms with van der Waals surface area (Å²) >= 11 is 13.3. The van der Waals surface area contributed by atoms with Crippen molar-refractivity contribution in [1.82, 2.24) is 30.0 Å². The fraction of sp³-hybridized carbons (Fsp3) is 0.318. The largest absolute Gasteiger partial charge is 0.362 e. The summed E-state index contributed by atoms with van der Waals surface area (Å²) in [6.45, 7) is 4.95. The molecule has 0 atom stereocenters. The Kier molecular flexibility index (Phi) is 7.06. The first-order valence-corrected chi connectivity index (χ1v) is 14.4. The van der Waals surface area contributed by atoms with Gasteiger partial charge in [0.05, 0.1) is 20.3 Å². The van der Waals surface area contributed by atoms with Gasteiger partial charge in [-0.25, -0.2) is 18.4 Å². The molecule has 14 heteroatoms. The van der Waals surface area contributed by atoms with Gasteiger partial charge < -0.3 is 14.8 Å². The number of hydrogen-bond acceptors (Lipinski definition) is 9. The number of nitrogens with one attached hydrogen (secondary N) is 2. The van der Waals surface area contributed by atoms with Gasteiger partial charge in [0.1, 0.15) is 22.8 Å². The van der Waals surface area contributed by atoms with E-state index in [0.29, 0.717) is 17.9 Å². The lowest BCUT2D eigenvalue weighted by molar-refractivity contribution is 0.386. The second-order valence-electron chi connectivity index (χ2n) is 8.21. The second-order valence-corrected chi connectivity index (χ2v) is 11.8. The minimum absolute atomic E-state index is 0.165. The molecule has 188 valence electrons. The molecule has 0 aliphatic carbocycles. The molecule has 0 radical (unpaired) electrons. The minimum atomic E-state index is -3.73. The molecular weight excluding hydrogens is 540 g/mol. The third kappa shape index (κ3) is 5.14. The van der Waals surface area contributed by atoms with Gasteiger partial charge in [0, 0.05) is 38.8 Å². The highest BCUT2D eigenvalue weighted by Gasteiger charge is 2.23. The molecule has 4 heterocycles. The van der Waals surface area contributed by atoms with Crippen molar-refractivity contribution in [2.75, 3.05) is 35.8 Å². The summed E-state index contributed by atoms with van der Waals surface area (Å²) in [6.07, 6.45) is 4.52. The number of aromatic nitrogens is 5. The van der Waals surface area contributed by atoms with E-state index in [2.05, 4.69) is 39.7 Å². The predicted octanol–water partition coefficient (Wildman–Crippen LogP) is 3.52. The molecule has 1 aliphatic rings. The molecule has 1 fully saturated rings. The number of anilines is 2. The number of H-pyrrole nitrogens is 1. The van der Waals surface area contributed by atoms with E-state index in [1.165, 1.54) is 17.7 Å². The normalized spacial score (nSPS) is 14.4. The number of halogens is 1. The smallest absolute Gasteiger partial charge is 0.263 e. The molecule has 0 spiro atoms. The van der Waals surface area contributed by atoms with E-state index < -0.39 is 10.0 Å². The summed E-state index contributed by atoms with van der Waals surface area (Å²) in [5.41, 5.74) is 1.67. The molecule has 1 saturated heterocycles. The summed E-state index contributed by atoms with van der Waals surface area (Å²) in [5, 5.41) is 10.3.